The summed E-state index contributed by atoms with van der Waals surface area (Å²) in [6.45, 7) is 10.6. The highest BCUT2D eigenvalue weighted by molar-refractivity contribution is 5.79. The van der Waals surface area contributed by atoms with Crippen molar-refractivity contribution in [1.82, 2.24) is 15.5 Å². The van der Waals surface area contributed by atoms with Crippen molar-refractivity contribution in [3.63, 3.8) is 0 Å². The number of guanidine groups is 1. The van der Waals surface area contributed by atoms with Crippen LogP contribution in [0.2, 0.25) is 0 Å². The minimum absolute atomic E-state index is 0.502. The second kappa shape index (κ2) is 12.8. The molecule has 0 saturated carbocycles. The molecule has 1 saturated heterocycles. The summed E-state index contributed by atoms with van der Waals surface area (Å²) in [7, 11) is 3.55. The van der Waals surface area contributed by atoms with Crippen LogP contribution in [-0.4, -0.2) is 63.9 Å². The van der Waals surface area contributed by atoms with E-state index in [1.807, 2.05) is 7.05 Å². The van der Waals surface area contributed by atoms with Gasteiger partial charge in [-0.25, -0.2) is 0 Å². The van der Waals surface area contributed by atoms with Crippen LogP contribution >= 0.6 is 0 Å². The number of nitrogens with one attached hydrogen (secondary N) is 2. The van der Waals surface area contributed by atoms with E-state index >= 15 is 0 Å². The van der Waals surface area contributed by atoms with Gasteiger partial charge in [0.1, 0.15) is 0 Å². The van der Waals surface area contributed by atoms with Crippen molar-refractivity contribution in [2.75, 3.05) is 47.0 Å². The van der Waals surface area contributed by atoms with Crippen LogP contribution in [0.15, 0.2) is 29.3 Å². The molecule has 158 valence electrons. The van der Waals surface area contributed by atoms with Crippen LogP contribution < -0.4 is 10.6 Å². The molecule has 1 unspecified atom stereocenters. The number of morpholine rings is 1. The first-order chi connectivity index (χ1) is 13.7. The first-order valence-electron chi connectivity index (χ1n) is 10.5. The van der Waals surface area contributed by atoms with E-state index < -0.39 is 0 Å². The molecule has 0 amide bonds. The van der Waals surface area contributed by atoms with E-state index in [1.54, 1.807) is 7.11 Å². The minimum atomic E-state index is 0.502. The van der Waals surface area contributed by atoms with Crippen molar-refractivity contribution >= 4 is 5.96 Å². The summed E-state index contributed by atoms with van der Waals surface area (Å²) in [5, 5.41) is 7.00. The Bertz CT molecular complexity index is 584. The van der Waals surface area contributed by atoms with Crippen LogP contribution in [0.1, 0.15) is 37.8 Å². The van der Waals surface area contributed by atoms with Crippen molar-refractivity contribution in [3.8, 4) is 0 Å². The van der Waals surface area contributed by atoms with Gasteiger partial charge in [0.05, 0.1) is 19.8 Å². The molecule has 0 aromatic heterocycles. The summed E-state index contributed by atoms with van der Waals surface area (Å²) < 4.78 is 10.8. The van der Waals surface area contributed by atoms with Crippen molar-refractivity contribution < 1.29 is 9.47 Å². The molecule has 1 aromatic rings. The van der Waals surface area contributed by atoms with E-state index in [4.69, 9.17) is 9.47 Å². The SMILES string of the molecule is CCC(CC)C(CNC(=NC)NCc1cccc(COC)c1)N1CCOCC1. The fraction of sp³-hybridized carbons (Fsp3) is 0.682. The molecule has 2 rings (SSSR count). The molecule has 0 radical (unpaired) electrons. The molecular formula is C22H38N4O2. The van der Waals surface area contributed by atoms with Crippen molar-refractivity contribution in [2.45, 2.75) is 45.9 Å². The molecule has 0 bridgehead atoms. The lowest BCUT2D eigenvalue weighted by molar-refractivity contribution is 0.00272. The van der Waals surface area contributed by atoms with Gasteiger partial charge in [-0.05, 0) is 17.0 Å². The van der Waals surface area contributed by atoms with Crippen LogP contribution in [0.4, 0.5) is 0 Å². The quantitative estimate of drug-likeness (QED) is 0.475. The van der Waals surface area contributed by atoms with Gasteiger partial charge in [0.25, 0.3) is 0 Å². The second-order valence-electron chi connectivity index (χ2n) is 7.35. The van der Waals surface area contributed by atoms with E-state index in [-0.39, 0.29) is 0 Å². The van der Waals surface area contributed by atoms with E-state index in [1.165, 1.54) is 24.0 Å². The van der Waals surface area contributed by atoms with Crippen LogP contribution in [-0.2, 0) is 22.6 Å². The highest BCUT2D eigenvalue weighted by Crippen LogP contribution is 2.19. The van der Waals surface area contributed by atoms with Gasteiger partial charge in [-0.15, -0.1) is 0 Å². The summed E-state index contributed by atoms with van der Waals surface area (Å²) in [6.07, 6.45) is 2.39. The third kappa shape index (κ3) is 7.08. The Morgan fingerprint density at radius 2 is 1.89 bits per heavy atom. The zero-order valence-electron chi connectivity index (χ0n) is 18.0. The van der Waals surface area contributed by atoms with E-state index in [2.05, 4.69) is 58.6 Å². The number of rotatable bonds is 10. The number of benzene rings is 1. The molecule has 1 aliphatic heterocycles. The van der Waals surface area contributed by atoms with Gasteiger partial charge in [-0.3, -0.25) is 9.89 Å². The molecule has 1 fully saturated rings. The van der Waals surface area contributed by atoms with Crippen LogP contribution in [0.3, 0.4) is 0 Å². The summed E-state index contributed by atoms with van der Waals surface area (Å²) >= 11 is 0. The number of ether oxygens (including phenoxy) is 2. The normalized spacial score (nSPS) is 17.0. The van der Waals surface area contributed by atoms with Crippen molar-refractivity contribution in [3.05, 3.63) is 35.4 Å². The van der Waals surface area contributed by atoms with Crippen molar-refractivity contribution in [2.24, 2.45) is 10.9 Å². The lowest BCUT2D eigenvalue weighted by Gasteiger charge is -2.39. The number of hydrogen-bond acceptors (Lipinski definition) is 4. The molecule has 1 aliphatic rings. The lowest BCUT2D eigenvalue weighted by atomic mass is 9.92. The van der Waals surface area contributed by atoms with Crippen molar-refractivity contribution in [1.29, 1.82) is 0 Å². The Kier molecular flexibility index (Phi) is 10.3. The van der Waals surface area contributed by atoms with Gasteiger partial charge < -0.3 is 20.1 Å². The minimum Gasteiger partial charge on any atom is -0.380 e. The van der Waals surface area contributed by atoms with E-state index in [0.29, 0.717) is 18.6 Å². The van der Waals surface area contributed by atoms with Gasteiger partial charge in [-0.2, -0.15) is 0 Å². The maximum Gasteiger partial charge on any atom is 0.191 e. The molecule has 1 heterocycles. The Hall–Kier alpha value is -1.63. The summed E-state index contributed by atoms with van der Waals surface area (Å²) in [6, 6.07) is 8.96. The standard InChI is InChI=1S/C22H38N4O2/c1-5-20(6-2)21(26-10-12-28-13-11-26)16-25-22(23-3)24-15-18-8-7-9-19(14-18)17-27-4/h7-9,14,20-21H,5-6,10-13,15-17H2,1-4H3,(H2,23,24,25). The van der Waals surface area contributed by atoms with Gasteiger partial charge in [-0.1, -0.05) is 51.0 Å². The summed E-state index contributed by atoms with van der Waals surface area (Å²) in [5.74, 6) is 1.52. The zero-order chi connectivity index (χ0) is 20.2. The number of aliphatic imine (C=N–C) groups is 1. The second-order valence-corrected chi connectivity index (χ2v) is 7.35. The van der Waals surface area contributed by atoms with Crippen LogP contribution in [0, 0.1) is 5.92 Å². The number of nitrogens with zero attached hydrogens (tertiary/aromatic N) is 2. The highest BCUT2D eigenvalue weighted by atomic mass is 16.5. The molecule has 0 spiro atoms. The monoisotopic (exact) mass is 390 g/mol. The maximum absolute atomic E-state index is 5.55. The summed E-state index contributed by atoms with van der Waals surface area (Å²) in [4.78, 5) is 7.00. The maximum atomic E-state index is 5.55. The zero-order valence-corrected chi connectivity index (χ0v) is 18.0. The van der Waals surface area contributed by atoms with Gasteiger partial charge >= 0.3 is 0 Å². The largest absolute Gasteiger partial charge is 0.380 e. The van der Waals surface area contributed by atoms with Gasteiger partial charge in [0, 0.05) is 46.4 Å². The Balaban J connectivity index is 1.91. The Morgan fingerprint density at radius 1 is 1.18 bits per heavy atom. The van der Waals surface area contributed by atoms with E-state index in [0.717, 1.165) is 45.4 Å². The van der Waals surface area contributed by atoms with E-state index in [9.17, 15) is 0 Å². The molecule has 6 heteroatoms. The predicted molar refractivity (Wildman–Crippen MR) is 116 cm³/mol. The lowest BCUT2D eigenvalue weighted by Crippen LogP contribution is -2.53. The molecular weight excluding hydrogens is 352 g/mol. The molecule has 0 aliphatic carbocycles. The number of methoxy groups -OCH3 is 1. The van der Waals surface area contributed by atoms with Gasteiger partial charge in [0.2, 0.25) is 0 Å². The summed E-state index contributed by atoms with van der Waals surface area (Å²) in [5.41, 5.74) is 2.41. The van der Waals surface area contributed by atoms with Crippen LogP contribution in [0.25, 0.3) is 0 Å². The van der Waals surface area contributed by atoms with Gasteiger partial charge in [0.15, 0.2) is 5.96 Å². The van der Waals surface area contributed by atoms with Crippen LogP contribution in [0.5, 0.6) is 0 Å². The first-order valence-corrected chi connectivity index (χ1v) is 10.5. The average molecular weight is 391 g/mol. The third-order valence-electron chi connectivity index (χ3n) is 5.57. The Morgan fingerprint density at radius 3 is 2.54 bits per heavy atom. The smallest absolute Gasteiger partial charge is 0.191 e. The average Bonchev–Trinajstić information content (AvgIpc) is 2.74. The first kappa shape index (κ1) is 22.7. The fourth-order valence-electron chi connectivity index (χ4n) is 3.94. The molecule has 28 heavy (non-hydrogen) atoms. The molecule has 1 atom stereocenters. The predicted octanol–water partition coefficient (Wildman–Crippen LogP) is 2.64. The fourth-order valence-corrected chi connectivity index (χ4v) is 3.94. The highest BCUT2D eigenvalue weighted by Gasteiger charge is 2.26. The Labute approximate surface area is 170 Å². The molecule has 1 aromatic carbocycles. The number of hydrogen-bond donors (Lipinski definition) is 2. The molecule has 2 N–H and O–H groups in total. The third-order valence-corrected chi connectivity index (χ3v) is 5.57. The topological polar surface area (TPSA) is 58.1 Å². The molecule has 6 nitrogen and oxygen atoms in total.